The number of hydrogen-bond donors (Lipinski definition) is 1. The van der Waals surface area contributed by atoms with E-state index in [2.05, 4.69) is 20.5 Å². The second-order valence-corrected chi connectivity index (χ2v) is 8.01. The first-order valence-corrected chi connectivity index (χ1v) is 10.9. The van der Waals surface area contributed by atoms with Crippen molar-refractivity contribution in [2.45, 2.75) is 6.92 Å². The van der Waals surface area contributed by atoms with Gasteiger partial charge in [-0.2, -0.15) is 9.61 Å². The van der Waals surface area contributed by atoms with E-state index in [-0.39, 0.29) is 12.5 Å². The normalized spacial score (nSPS) is 10.9. The fourth-order valence-corrected chi connectivity index (χ4v) is 3.61. The van der Waals surface area contributed by atoms with Gasteiger partial charge in [0, 0.05) is 29.2 Å². The standard InChI is InChI=1S/C25H19ClN6O2/c1-16-5-6-20(26)22(13-16)34-15-24(33)28-19-4-2-3-18(14-19)21-7-8-23-29-30-25(32(23)31-21)17-9-11-27-12-10-17/h2-14H,15H2,1H3,(H,28,33). The first kappa shape index (κ1) is 21.5. The summed E-state index contributed by atoms with van der Waals surface area (Å²) in [5, 5.41) is 16.5. The Morgan fingerprint density at radius 3 is 2.71 bits per heavy atom. The Morgan fingerprint density at radius 2 is 1.85 bits per heavy atom. The number of anilines is 1. The summed E-state index contributed by atoms with van der Waals surface area (Å²) in [7, 11) is 0. The Bertz CT molecular complexity index is 1490. The van der Waals surface area contributed by atoms with Gasteiger partial charge in [-0.15, -0.1) is 10.2 Å². The molecule has 1 amide bonds. The number of amides is 1. The lowest BCUT2D eigenvalue weighted by molar-refractivity contribution is -0.118. The highest BCUT2D eigenvalue weighted by molar-refractivity contribution is 6.32. The van der Waals surface area contributed by atoms with Gasteiger partial charge in [0.2, 0.25) is 0 Å². The van der Waals surface area contributed by atoms with E-state index in [1.165, 1.54) is 0 Å². The summed E-state index contributed by atoms with van der Waals surface area (Å²) in [4.78, 5) is 16.5. The summed E-state index contributed by atoms with van der Waals surface area (Å²) in [6.07, 6.45) is 3.39. The second kappa shape index (κ2) is 9.29. The van der Waals surface area contributed by atoms with Gasteiger partial charge in [0.05, 0.1) is 10.7 Å². The van der Waals surface area contributed by atoms with Gasteiger partial charge in [0.15, 0.2) is 18.1 Å². The molecular weight excluding hydrogens is 452 g/mol. The summed E-state index contributed by atoms with van der Waals surface area (Å²) >= 11 is 6.13. The van der Waals surface area contributed by atoms with Crippen molar-refractivity contribution in [1.82, 2.24) is 24.8 Å². The minimum atomic E-state index is -0.295. The zero-order valence-electron chi connectivity index (χ0n) is 18.1. The minimum absolute atomic E-state index is 0.159. The molecule has 0 aliphatic carbocycles. The van der Waals surface area contributed by atoms with Crippen LogP contribution in [0.3, 0.4) is 0 Å². The van der Waals surface area contributed by atoms with Crippen molar-refractivity contribution < 1.29 is 9.53 Å². The van der Waals surface area contributed by atoms with Crippen LogP contribution in [0.4, 0.5) is 5.69 Å². The Kier molecular flexibility index (Phi) is 5.88. The van der Waals surface area contributed by atoms with Gasteiger partial charge in [-0.1, -0.05) is 29.8 Å². The molecular formula is C25H19ClN6O2. The summed E-state index contributed by atoms with van der Waals surface area (Å²) in [6, 6.07) is 20.3. The van der Waals surface area contributed by atoms with Gasteiger partial charge >= 0.3 is 0 Å². The number of hydrogen-bond acceptors (Lipinski definition) is 6. The number of carbonyl (C=O) groups excluding carboxylic acids is 1. The minimum Gasteiger partial charge on any atom is -0.482 e. The quantitative estimate of drug-likeness (QED) is 0.382. The number of benzene rings is 2. The number of carbonyl (C=O) groups is 1. The molecule has 5 rings (SSSR count). The smallest absolute Gasteiger partial charge is 0.262 e. The van der Waals surface area contributed by atoms with Crippen LogP contribution in [0.5, 0.6) is 5.75 Å². The van der Waals surface area contributed by atoms with Crippen molar-refractivity contribution >= 4 is 28.8 Å². The maximum absolute atomic E-state index is 12.5. The predicted octanol–water partition coefficient (Wildman–Crippen LogP) is 4.83. The van der Waals surface area contributed by atoms with Crippen molar-refractivity contribution in [3.05, 3.63) is 89.7 Å². The van der Waals surface area contributed by atoms with Crippen molar-refractivity contribution in [3.8, 4) is 28.4 Å². The van der Waals surface area contributed by atoms with E-state index < -0.39 is 0 Å². The number of fused-ring (bicyclic) bond motifs is 1. The Morgan fingerprint density at radius 1 is 1.00 bits per heavy atom. The summed E-state index contributed by atoms with van der Waals surface area (Å²) < 4.78 is 7.27. The van der Waals surface area contributed by atoms with Crippen molar-refractivity contribution in [2.75, 3.05) is 11.9 Å². The number of aryl methyl sites for hydroxylation is 1. The number of halogens is 1. The van der Waals surface area contributed by atoms with E-state index in [1.807, 2.05) is 55.5 Å². The average molecular weight is 471 g/mol. The summed E-state index contributed by atoms with van der Waals surface area (Å²) in [6.45, 7) is 1.77. The fraction of sp³-hybridized carbons (Fsp3) is 0.0800. The van der Waals surface area contributed by atoms with E-state index in [9.17, 15) is 4.79 Å². The molecule has 0 saturated carbocycles. The molecule has 0 unspecified atom stereocenters. The van der Waals surface area contributed by atoms with Crippen LogP contribution in [-0.2, 0) is 4.79 Å². The highest BCUT2D eigenvalue weighted by Crippen LogP contribution is 2.26. The molecule has 0 atom stereocenters. The number of nitrogens with zero attached hydrogens (tertiary/aromatic N) is 5. The van der Waals surface area contributed by atoms with Crippen LogP contribution in [-0.4, -0.2) is 37.3 Å². The third kappa shape index (κ3) is 4.57. The van der Waals surface area contributed by atoms with Gasteiger partial charge in [0.1, 0.15) is 5.75 Å². The van der Waals surface area contributed by atoms with Crippen molar-refractivity contribution in [2.24, 2.45) is 0 Å². The van der Waals surface area contributed by atoms with Crippen LogP contribution in [0.15, 0.2) is 79.1 Å². The van der Waals surface area contributed by atoms with E-state index in [0.29, 0.717) is 33.6 Å². The van der Waals surface area contributed by atoms with Crippen LogP contribution < -0.4 is 10.1 Å². The number of ether oxygens (including phenoxy) is 1. The molecule has 0 saturated heterocycles. The zero-order valence-corrected chi connectivity index (χ0v) is 18.9. The van der Waals surface area contributed by atoms with E-state index in [4.69, 9.17) is 21.4 Å². The van der Waals surface area contributed by atoms with Gasteiger partial charge in [-0.25, -0.2) is 0 Å². The molecule has 0 aliphatic heterocycles. The maximum atomic E-state index is 12.5. The maximum Gasteiger partial charge on any atom is 0.262 e. The Balaban J connectivity index is 1.34. The van der Waals surface area contributed by atoms with E-state index >= 15 is 0 Å². The molecule has 8 nitrogen and oxygen atoms in total. The highest BCUT2D eigenvalue weighted by Gasteiger charge is 2.12. The fourth-order valence-electron chi connectivity index (χ4n) is 3.44. The molecule has 0 aliphatic rings. The van der Waals surface area contributed by atoms with Crippen LogP contribution >= 0.6 is 11.6 Å². The summed E-state index contributed by atoms with van der Waals surface area (Å²) in [5.74, 6) is 0.801. The topological polar surface area (TPSA) is 94.3 Å². The first-order chi connectivity index (χ1) is 16.6. The molecule has 0 fully saturated rings. The molecule has 3 aromatic heterocycles. The molecule has 168 valence electrons. The molecule has 3 heterocycles. The second-order valence-electron chi connectivity index (χ2n) is 7.60. The largest absolute Gasteiger partial charge is 0.482 e. The van der Waals surface area contributed by atoms with Gasteiger partial charge < -0.3 is 10.1 Å². The molecule has 0 spiro atoms. The number of aromatic nitrogens is 5. The number of rotatable bonds is 6. The van der Waals surface area contributed by atoms with Crippen LogP contribution in [0.2, 0.25) is 5.02 Å². The number of nitrogens with one attached hydrogen (secondary N) is 1. The monoisotopic (exact) mass is 470 g/mol. The third-order valence-electron chi connectivity index (χ3n) is 5.09. The van der Waals surface area contributed by atoms with Crippen molar-refractivity contribution in [1.29, 1.82) is 0 Å². The highest BCUT2D eigenvalue weighted by atomic mass is 35.5. The SMILES string of the molecule is Cc1ccc(Cl)c(OCC(=O)Nc2cccc(-c3ccc4nnc(-c5ccncc5)n4n3)c2)c1. The van der Waals surface area contributed by atoms with Crippen molar-refractivity contribution in [3.63, 3.8) is 0 Å². The molecule has 2 aromatic carbocycles. The average Bonchev–Trinajstić information content (AvgIpc) is 3.29. The number of pyridine rings is 1. The lowest BCUT2D eigenvalue weighted by atomic mass is 10.1. The molecule has 34 heavy (non-hydrogen) atoms. The van der Waals surface area contributed by atoms with Gasteiger partial charge in [0.25, 0.3) is 5.91 Å². The predicted molar refractivity (Wildman–Crippen MR) is 130 cm³/mol. The molecule has 5 aromatic rings. The van der Waals surface area contributed by atoms with E-state index in [0.717, 1.165) is 16.7 Å². The molecule has 0 radical (unpaired) electrons. The third-order valence-corrected chi connectivity index (χ3v) is 5.40. The van der Waals surface area contributed by atoms with Gasteiger partial charge in [-0.3, -0.25) is 9.78 Å². The molecule has 1 N–H and O–H groups in total. The zero-order chi connectivity index (χ0) is 23.5. The van der Waals surface area contributed by atoms with Crippen LogP contribution in [0, 0.1) is 6.92 Å². The Hall–Kier alpha value is -4.30. The van der Waals surface area contributed by atoms with Gasteiger partial charge in [-0.05, 0) is 61.0 Å². The Labute approximate surface area is 200 Å². The summed E-state index contributed by atoms with van der Waals surface area (Å²) in [5.41, 5.74) is 4.66. The lowest BCUT2D eigenvalue weighted by Gasteiger charge is -2.10. The van der Waals surface area contributed by atoms with E-state index in [1.54, 1.807) is 35.1 Å². The lowest BCUT2D eigenvalue weighted by Crippen LogP contribution is -2.20. The molecule has 0 bridgehead atoms. The molecule has 9 heteroatoms. The first-order valence-electron chi connectivity index (χ1n) is 10.5. The van der Waals surface area contributed by atoms with Crippen LogP contribution in [0.25, 0.3) is 28.3 Å². The van der Waals surface area contributed by atoms with Crippen LogP contribution in [0.1, 0.15) is 5.56 Å².